The number of anilines is 1. The summed E-state index contributed by atoms with van der Waals surface area (Å²) in [7, 11) is 3.24. The van der Waals surface area contributed by atoms with Gasteiger partial charge in [-0.05, 0) is 30.3 Å². The number of pyridine rings is 2. The number of aromatic nitrogens is 4. The molecule has 0 unspecified atom stereocenters. The van der Waals surface area contributed by atoms with Crippen LogP contribution in [0, 0.1) is 5.82 Å². The molecule has 0 atom stereocenters. The normalized spacial score (nSPS) is 11.1. The van der Waals surface area contributed by atoms with Crippen LogP contribution in [0.2, 0.25) is 0 Å². The van der Waals surface area contributed by atoms with Crippen molar-refractivity contribution < 1.29 is 13.9 Å². The fraction of sp³-hybridized carbons (Fsp3) is 0.200. The summed E-state index contributed by atoms with van der Waals surface area (Å²) in [4.78, 5) is 29.4. The molecule has 0 spiro atoms. The van der Waals surface area contributed by atoms with E-state index in [1.54, 1.807) is 36.1 Å². The highest BCUT2D eigenvalue weighted by Gasteiger charge is 2.15. The fourth-order valence-electron chi connectivity index (χ4n) is 3.24. The number of benzene rings is 1. The number of nitrogens with one attached hydrogen (secondary N) is 1. The van der Waals surface area contributed by atoms with Gasteiger partial charge >= 0.3 is 0 Å². The number of rotatable bonds is 5. The average Bonchev–Trinajstić information content (AvgIpc) is 3.10. The second kappa shape index (κ2) is 7.34. The monoisotopic (exact) mass is 395 g/mol. The predicted octanol–water partition coefficient (Wildman–Crippen LogP) is 2.46. The summed E-state index contributed by atoms with van der Waals surface area (Å²) >= 11 is 0. The molecule has 0 aliphatic carbocycles. The van der Waals surface area contributed by atoms with Crippen LogP contribution in [-0.2, 0) is 18.4 Å². The minimum Gasteiger partial charge on any atom is -0.495 e. The molecule has 8 nitrogen and oxygen atoms in total. The van der Waals surface area contributed by atoms with Gasteiger partial charge in [0.25, 0.3) is 5.56 Å². The van der Waals surface area contributed by atoms with E-state index in [0.717, 1.165) is 0 Å². The Kier molecular flexibility index (Phi) is 4.71. The molecular weight excluding hydrogens is 377 g/mol. The zero-order chi connectivity index (χ0) is 20.5. The largest absolute Gasteiger partial charge is 0.495 e. The minimum atomic E-state index is -0.465. The Bertz CT molecular complexity index is 1280. The van der Waals surface area contributed by atoms with Gasteiger partial charge in [-0.3, -0.25) is 14.3 Å². The average molecular weight is 395 g/mol. The van der Waals surface area contributed by atoms with Crippen LogP contribution in [0.1, 0.15) is 6.42 Å². The Hall–Kier alpha value is -3.75. The molecule has 0 bridgehead atoms. The molecule has 0 radical (unpaired) electrons. The smallest absolute Gasteiger partial charge is 0.262 e. The Morgan fingerprint density at radius 1 is 1.24 bits per heavy atom. The van der Waals surface area contributed by atoms with E-state index in [2.05, 4.69) is 15.4 Å². The summed E-state index contributed by atoms with van der Waals surface area (Å²) in [6.45, 7) is 0.0889. The number of amides is 1. The number of hydrogen-bond donors (Lipinski definition) is 1. The molecular formula is C20H18FN5O3. The molecule has 1 N–H and O–H groups in total. The van der Waals surface area contributed by atoms with Crippen LogP contribution in [0.4, 0.5) is 10.2 Å². The van der Waals surface area contributed by atoms with E-state index in [4.69, 9.17) is 4.74 Å². The maximum Gasteiger partial charge on any atom is 0.262 e. The molecule has 0 fully saturated rings. The minimum absolute atomic E-state index is 0.0188. The molecule has 29 heavy (non-hydrogen) atoms. The Balaban J connectivity index is 1.64. The van der Waals surface area contributed by atoms with Crippen LogP contribution < -0.4 is 15.6 Å². The molecule has 148 valence electrons. The Labute approximate surface area is 164 Å². The number of methoxy groups -OCH3 is 1. The molecule has 0 saturated heterocycles. The molecule has 9 heteroatoms. The van der Waals surface area contributed by atoms with Gasteiger partial charge in [-0.25, -0.2) is 9.37 Å². The van der Waals surface area contributed by atoms with Crippen LogP contribution in [0.25, 0.3) is 21.8 Å². The third-order valence-corrected chi connectivity index (χ3v) is 4.61. The number of aryl methyl sites for hydroxylation is 2. The molecule has 1 amide bonds. The van der Waals surface area contributed by atoms with Crippen molar-refractivity contribution in [1.29, 1.82) is 0 Å². The highest BCUT2D eigenvalue weighted by Crippen LogP contribution is 2.22. The maximum absolute atomic E-state index is 13.9. The number of fused-ring (bicyclic) bond motifs is 3. The second-order valence-electron chi connectivity index (χ2n) is 6.56. The third kappa shape index (κ3) is 3.54. The molecule has 1 aromatic carbocycles. The van der Waals surface area contributed by atoms with Gasteiger partial charge in [-0.15, -0.1) is 0 Å². The lowest BCUT2D eigenvalue weighted by Gasteiger charge is -2.11. The SMILES string of the molecule is COc1ccc(NC(=O)CCn2c(=O)c3cn(C)nc3c3ccc(F)cc32)nc1. The van der Waals surface area contributed by atoms with Gasteiger partial charge in [0.05, 0.1) is 24.2 Å². The zero-order valence-electron chi connectivity index (χ0n) is 15.8. The van der Waals surface area contributed by atoms with Crippen molar-refractivity contribution in [2.45, 2.75) is 13.0 Å². The number of carbonyl (C=O) groups excluding carboxylic acids is 1. The van der Waals surface area contributed by atoms with E-state index in [1.807, 2.05) is 0 Å². The third-order valence-electron chi connectivity index (χ3n) is 4.61. The predicted molar refractivity (Wildman–Crippen MR) is 106 cm³/mol. The standard InChI is InChI=1S/C20H18FN5O3/c1-25-11-15-19(24-25)14-5-3-12(21)9-16(14)26(20(15)28)8-7-18(27)23-17-6-4-13(29-2)10-22-17/h3-6,9-11H,7-8H2,1-2H3,(H,22,23,27). The Morgan fingerprint density at radius 2 is 2.07 bits per heavy atom. The number of halogens is 1. The van der Waals surface area contributed by atoms with E-state index in [0.29, 0.717) is 33.4 Å². The molecule has 3 heterocycles. The van der Waals surface area contributed by atoms with E-state index in [-0.39, 0.29) is 24.4 Å². The van der Waals surface area contributed by atoms with E-state index in [1.165, 1.54) is 30.0 Å². The fourth-order valence-corrected chi connectivity index (χ4v) is 3.24. The number of ether oxygens (including phenoxy) is 1. The summed E-state index contributed by atoms with van der Waals surface area (Å²) in [5.41, 5.74) is 0.591. The lowest BCUT2D eigenvalue weighted by molar-refractivity contribution is -0.116. The lowest BCUT2D eigenvalue weighted by Crippen LogP contribution is -2.24. The van der Waals surface area contributed by atoms with Gasteiger partial charge in [-0.2, -0.15) is 5.10 Å². The van der Waals surface area contributed by atoms with Crippen molar-refractivity contribution in [3.05, 3.63) is 58.9 Å². The molecule has 4 rings (SSSR count). The highest BCUT2D eigenvalue weighted by molar-refractivity contribution is 6.03. The van der Waals surface area contributed by atoms with Gasteiger partial charge in [0.1, 0.15) is 22.9 Å². The van der Waals surface area contributed by atoms with Gasteiger partial charge in [-0.1, -0.05) is 0 Å². The van der Waals surface area contributed by atoms with Crippen LogP contribution in [0.3, 0.4) is 0 Å². The van der Waals surface area contributed by atoms with Crippen LogP contribution in [0.15, 0.2) is 47.5 Å². The van der Waals surface area contributed by atoms with Crippen molar-refractivity contribution in [3.8, 4) is 5.75 Å². The highest BCUT2D eigenvalue weighted by atomic mass is 19.1. The van der Waals surface area contributed by atoms with Crippen molar-refractivity contribution in [1.82, 2.24) is 19.3 Å². The first-order chi connectivity index (χ1) is 14.0. The number of nitrogens with zero attached hydrogens (tertiary/aromatic N) is 4. The van der Waals surface area contributed by atoms with Crippen LogP contribution in [0.5, 0.6) is 5.75 Å². The van der Waals surface area contributed by atoms with Gasteiger partial charge < -0.3 is 14.6 Å². The first kappa shape index (κ1) is 18.6. The first-order valence-electron chi connectivity index (χ1n) is 8.91. The summed E-state index contributed by atoms with van der Waals surface area (Å²) in [6.07, 6.45) is 3.13. The molecule has 0 saturated carbocycles. The van der Waals surface area contributed by atoms with Crippen molar-refractivity contribution >= 4 is 33.5 Å². The Morgan fingerprint density at radius 3 is 2.79 bits per heavy atom. The van der Waals surface area contributed by atoms with Crippen molar-refractivity contribution in [2.24, 2.45) is 7.05 Å². The van der Waals surface area contributed by atoms with E-state index < -0.39 is 5.82 Å². The second-order valence-corrected chi connectivity index (χ2v) is 6.56. The topological polar surface area (TPSA) is 91.0 Å². The number of carbonyl (C=O) groups is 1. The quantitative estimate of drug-likeness (QED) is 0.561. The van der Waals surface area contributed by atoms with Crippen LogP contribution in [-0.4, -0.2) is 32.3 Å². The summed E-state index contributed by atoms with van der Waals surface area (Å²) < 4.78 is 21.8. The molecule has 4 aromatic rings. The molecule has 0 aliphatic rings. The van der Waals surface area contributed by atoms with Gasteiger partial charge in [0, 0.05) is 31.6 Å². The molecule has 3 aromatic heterocycles. The summed E-state index contributed by atoms with van der Waals surface area (Å²) in [5.74, 6) is 0.174. The number of hydrogen-bond acceptors (Lipinski definition) is 5. The summed E-state index contributed by atoms with van der Waals surface area (Å²) in [6, 6.07) is 7.51. The van der Waals surface area contributed by atoms with Crippen molar-refractivity contribution in [2.75, 3.05) is 12.4 Å². The molecule has 0 aliphatic heterocycles. The maximum atomic E-state index is 13.9. The van der Waals surface area contributed by atoms with Crippen LogP contribution >= 0.6 is 0 Å². The van der Waals surface area contributed by atoms with Gasteiger partial charge in [0.2, 0.25) is 5.91 Å². The van der Waals surface area contributed by atoms with E-state index in [9.17, 15) is 14.0 Å². The summed E-state index contributed by atoms with van der Waals surface area (Å²) in [5, 5.41) is 8.07. The van der Waals surface area contributed by atoms with Crippen molar-refractivity contribution in [3.63, 3.8) is 0 Å². The lowest BCUT2D eigenvalue weighted by atomic mass is 10.1. The van der Waals surface area contributed by atoms with Gasteiger partial charge in [0.15, 0.2) is 0 Å². The zero-order valence-corrected chi connectivity index (χ0v) is 15.8. The first-order valence-corrected chi connectivity index (χ1v) is 8.91. The van der Waals surface area contributed by atoms with E-state index >= 15 is 0 Å².